The van der Waals surface area contributed by atoms with Crippen LogP contribution in [0.25, 0.3) is 0 Å². The Morgan fingerprint density at radius 3 is 2.18 bits per heavy atom. The number of aryl methyl sites for hydroxylation is 1. The molecule has 2 aromatic carbocycles. The average Bonchev–Trinajstić information content (AvgIpc) is 2.47. The predicted octanol–water partition coefficient (Wildman–Crippen LogP) is 4.03. The SMILES string of the molecule is Cc1ccc(NC(=O)COc2ccc(C(F)(F)F)cc2)cc1. The van der Waals surface area contributed by atoms with E-state index >= 15 is 0 Å². The van der Waals surface area contributed by atoms with Crippen molar-refractivity contribution in [3.05, 3.63) is 59.7 Å². The van der Waals surface area contributed by atoms with Crippen LogP contribution in [-0.4, -0.2) is 12.5 Å². The predicted molar refractivity (Wildman–Crippen MR) is 76.7 cm³/mol. The molecule has 0 aliphatic rings. The monoisotopic (exact) mass is 309 g/mol. The lowest BCUT2D eigenvalue weighted by molar-refractivity contribution is -0.137. The zero-order valence-corrected chi connectivity index (χ0v) is 11.8. The average molecular weight is 309 g/mol. The summed E-state index contributed by atoms with van der Waals surface area (Å²) in [6.45, 7) is 1.65. The first-order valence-electron chi connectivity index (χ1n) is 6.51. The third kappa shape index (κ3) is 4.51. The van der Waals surface area contributed by atoms with Gasteiger partial charge in [-0.25, -0.2) is 0 Å². The smallest absolute Gasteiger partial charge is 0.416 e. The molecule has 0 heterocycles. The van der Waals surface area contributed by atoms with E-state index in [1.165, 1.54) is 12.1 Å². The molecule has 0 aliphatic heterocycles. The minimum atomic E-state index is -4.39. The van der Waals surface area contributed by atoms with Gasteiger partial charge in [-0.15, -0.1) is 0 Å². The van der Waals surface area contributed by atoms with Crippen molar-refractivity contribution in [3.8, 4) is 5.75 Å². The van der Waals surface area contributed by atoms with Crippen LogP contribution in [-0.2, 0) is 11.0 Å². The lowest BCUT2D eigenvalue weighted by Gasteiger charge is -2.09. The van der Waals surface area contributed by atoms with Crippen LogP contribution >= 0.6 is 0 Å². The molecule has 3 nitrogen and oxygen atoms in total. The molecule has 2 rings (SSSR count). The van der Waals surface area contributed by atoms with Gasteiger partial charge in [-0.2, -0.15) is 13.2 Å². The van der Waals surface area contributed by atoms with Crippen LogP contribution in [0.2, 0.25) is 0 Å². The Bertz CT molecular complexity index is 634. The first kappa shape index (κ1) is 15.9. The van der Waals surface area contributed by atoms with Gasteiger partial charge in [-0.1, -0.05) is 17.7 Å². The number of ether oxygens (including phenoxy) is 1. The second-order valence-corrected chi connectivity index (χ2v) is 4.73. The second-order valence-electron chi connectivity index (χ2n) is 4.73. The number of carbonyl (C=O) groups is 1. The zero-order valence-electron chi connectivity index (χ0n) is 11.8. The number of benzene rings is 2. The highest BCUT2D eigenvalue weighted by Crippen LogP contribution is 2.30. The van der Waals surface area contributed by atoms with Crippen LogP contribution in [0.15, 0.2) is 48.5 Å². The molecule has 0 spiro atoms. The molecule has 0 radical (unpaired) electrons. The molecule has 0 aliphatic carbocycles. The number of anilines is 1. The molecule has 6 heteroatoms. The Labute approximate surface area is 125 Å². The van der Waals surface area contributed by atoms with E-state index in [4.69, 9.17) is 4.74 Å². The van der Waals surface area contributed by atoms with Crippen molar-refractivity contribution in [1.82, 2.24) is 0 Å². The van der Waals surface area contributed by atoms with Crippen LogP contribution in [0.3, 0.4) is 0 Å². The molecule has 0 fully saturated rings. The maximum atomic E-state index is 12.4. The first-order valence-corrected chi connectivity index (χ1v) is 6.51. The summed E-state index contributed by atoms with van der Waals surface area (Å²) in [5, 5.41) is 2.63. The fourth-order valence-electron chi connectivity index (χ4n) is 1.72. The van der Waals surface area contributed by atoms with Gasteiger partial charge in [-0.3, -0.25) is 4.79 Å². The van der Waals surface area contributed by atoms with Crippen LogP contribution in [0.1, 0.15) is 11.1 Å². The van der Waals surface area contributed by atoms with E-state index in [2.05, 4.69) is 5.32 Å². The molecule has 0 unspecified atom stereocenters. The van der Waals surface area contributed by atoms with Crippen LogP contribution < -0.4 is 10.1 Å². The first-order chi connectivity index (χ1) is 10.3. The van der Waals surface area contributed by atoms with Gasteiger partial charge in [0.1, 0.15) is 5.75 Å². The Morgan fingerprint density at radius 2 is 1.64 bits per heavy atom. The van der Waals surface area contributed by atoms with Crippen LogP contribution in [0.5, 0.6) is 5.75 Å². The summed E-state index contributed by atoms with van der Waals surface area (Å²) in [5.41, 5.74) is 0.939. The highest BCUT2D eigenvalue weighted by atomic mass is 19.4. The number of amides is 1. The molecule has 1 N–H and O–H groups in total. The molecule has 22 heavy (non-hydrogen) atoms. The normalized spacial score (nSPS) is 11.1. The molecule has 1 amide bonds. The molecule has 0 bridgehead atoms. The van der Waals surface area contributed by atoms with Crippen molar-refractivity contribution in [1.29, 1.82) is 0 Å². The minimum Gasteiger partial charge on any atom is -0.484 e. The van der Waals surface area contributed by atoms with Crippen molar-refractivity contribution in [3.63, 3.8) is 0 Å². The van der Waals surface area contributed by atoms with E-state index in [9.17, 15) is 18.0 Å². The van der Waals surface area contributed by atoms with E-state index in [0.29, 0.717) is 5.69 Å². The van der Waals surface area contributed by atoms with Crippen LogP contribution in [0, 0.1) is 6.92 Å². The molecular formula is C16H14F3NO2. The summed E-state index contributed by atoms with van der Waals surface area (Å²) in [6.07, 6.45) is -4.39. The van der Waals surface area contributed by atoms with Gasteiger partial charge in [-0.05, 0) is 43.3 Å². The summed E-state index contributed by atoms with van der Waals surface area (Å²) in [4.78, 5) is 11.7. The topological polar surface area (TPSA) is 38.3 Å². The Hall–Kier alpha value is -2.50. The van der Waals surface area contributed by atoms with Gasteiger partial charge in [0.15, 0.2) is 6.61 Å². The number of halogens is 3. The van der Waals surface area contributed by atoms with E-state index in [-0.39, 0.29) is 18.3 Å². The van der Waals surface area contributed by atoms with Crippen molar-refractivity contribution >= 4 is 11.6 Å². The largest absolute Gasteiger partial charge is 0.484 e. The number of hydrogen-bond acceptors (Lipinski definition) is 2. The molecule has 0 saturated heterocycles. The Kier molecular flexibility index (Phi) is 4.70. The molecule has 0 saturated carbocycles. The van der Waals surface area contributed by atoms with Gasteiger partial charge in [0.2, 0.25) is 0 Å². The Morgan fingerprint density at radius 1 is 1.05 bits per heavy atom. The number of hydrogen-bond donors (Lipinski definition) is 1. The lowest BCUT2D eigenvalue weighted by Crippen LogP contribution is -2.20. The summed E-state index contributed by atoms with van der Waals surface area (Å²) in [5.74, 6) is -0.184. The minimum absolute atomic E-state index is 0.201. The van der Waals surface area contributed by atoms with Gasteiger partial charge in [0.25, 0.3) is 5.91 Å². The van der Waals surface area contributed by atoms with E-state index < -0.39 is 11.7 Å². The standard InChI is InChI=1S/C16H14F3NO2/c1-11-2-6-13(7-3-11)20-15(21)10-22-14-8-4-12(5-9-14)16(17,18)19/h2-9H,10H2,1H3,(H,20,21). The number of nitrogens with one attached hydrogen (secondary N) is 1. The third-order valence-electron chi connectivity index (χ3n) is 2.89. The van der Waals surface area contributed by atoms with Gasteiger partial charge in [0, 0.05) is 5.69 Å². The van der Waals surface area contributed by atoms with Gasteiger partial charge < -0.3 is 10.1 Å². The highest BCUT2D eigenvalue weighted by molar-refractivity contribution is 5.91. The molecular weight excluding hydrogens is 295 g/mol. The van der Waals surface area contributed by atoms with Crippen LogP contribution in [0.4, 0.5) is 18.9 Å². The fraction of sp³-hybridized carbons (Fsp3) is 0.188. The number of carbonyl (C=O) groups excluding carboxylic acids is 1. The maximum Gasteiger partial charge on any atom is 0.416 e. The van der Waals surface area contributed by atoms with E-state index in [0.717, 1.165) is 17.7 Å². The summed E-state index contributed by atoms with van der Waals surface area (Å²) in [6, 6.07) is 11.4. The molecule has 2 aromatic rings. The maximum absolute atomic E-state index is 12.4. The van der Waals surface area contributed by atoms with Crippen molar-refractivity contribution < 1.29 is 22.7 Å². The van der Waals surface area contributed by atoms with Crippen molar-refractivity contribution in [2.45, 2.75) is 13.1 Å². The van der Waals surface area contributed by atoms with Gasteiger partial charge >= 0.3 is 6.18 Å². The second kappa shape index (κ2) is 6.51. The van der Waals surface area contributed by atoms with Gasteiger partial charge in [0.05, 0.1) is 5.56 Å². The number of alkyl halides is 3. The quantitative estimate of drug-likeness (QED) is 0.926. The molecule has 0 atom stereocenters. The fourth-order valence-corrected chi connectivity index (χ4v) is 1.72. The summed E-state index contributed by atoms with van der Waals surface area (Å²) in [7, 11) is 0. The summed E-state index contributed by atoms with van der Waals surface area (Å²) >= 11 is 0. The highest BCUT2D eigenvalue weighted by Gasteiger charge is 2.30. The lowest BCUT2D eigenvalue weighted by atomic mass is 10.2. The molecule has 0 aromatic heterocycles. The number of rotatable bonds is 4. The van der Waals surface area contributed by atoms with E-state index in [1.807, 2.05) is 19.1 Å². The van der Waals surface area contributed by atoms with E-state index in [1.54, 1.807) is 12.1 Å². The third-order valence-corrected chi connectivity index (χ3v) is 2.89. The summed E-state index contributed by atoms with van der Waals surface area (Å²) < 4.78 is 42.4. The zero-order chi connectivity index (χ0) is 16.2. The van der Waals surface area contributed by atoms with Crippen molar-refractivity contribution in [2.24, 2.45) is 0 Å². The Balaban J connectivity index is 1.87. The molecule has 116 valence electrons. The van der Waals surface area contributed by atoms with Crippen molar-refractivity contribution in [2.75, 3.05) is 11.9 Å².